The third kappa shape index (κ3) is 2.70. The van der Waals surface area contributed by atoms with Crippen LogP contribution in [0.2, 0.25) is 10.0 Å². The third-order valence-electron chi connectivity index (χ3n) is 7.36. The van der Waals surface area contributed by atoms with Gasteiger partial charge in [-0.15, -0.1) is 0 Å². The molecule has 4 aliphatic heterocycles. The minimum atomic E-state index is -0.230. The summed E-state index contributed by atoms with van der Waals surface area (Å²) in [6.07, 6.45) is 4.12. The number of nitrogens with one attached hydrogen (secondary N) is 1. The van der Waals surface area contributed by atoms with Crippen molar-refractivity contribution in [3.05, 3.63) is 69.3 Å². The summed E-state index contributed by atoms with van der Waals surface area (Å²) in [5, 5.41) is 4.18. The van der Waals surface area contributed by atoms with Crippen molar-refractivity contribution in [1.82, 2.24) is 14.9 Å². The van der Waals surface area contributed by atoms with Gasteiger partial charge in [0, 0.05) is 37.1 Å². The molecule has 5 heterocycles. The Morgan fingerprint density at radius 1 is 1.06 bits per heavy atom. The average molecular weight is 479 g/mol. The number of carbonyl (C=O) groups excluding carboxylic acids is 1. The fourth-order valence-corrected chi connectivity index (χ4v) is 6.38. The molecule has 7 rings (SSSR count). The van der Waals surface area contributed by atoms with Crippen LogP contribution in [0, 0.1) is 0 Å². The van der Waals surface area contributed by atoms with E-state index in [0.29, 0.717) is 45.1 Å². The van der Waals surface area contributed by atoms with Crippen LogP contribution in [0.15, 0.2) is 42.6 Å². The average Bonchev–Trinajstić information content (AvgIpc) is 2.88. The zero-order valence-electron chi connectivity index (χ0n) is 17.8. The summed E-state index contributed by atoms with van der Waals surface area (Å²) in [6.45, 7) is 0.282. The summed E-state index contributed by atoms with van der Waals surface area (Å²) in [5.41, 5.74) is 4.76. The van der Waals surface area contributed by atoms with Gasteiger partial charge in [-0.25, -0.2) is 4.98 Å². The van der Waals surface area contributed by atoms with E-state index < -0.39 is 0 Å². The van der Waals surface area contributed by atoms with Crippen LogP contribution in [0.4, 0.5) is 23.1 Å². The van der Waals surface area contributed by atoms with E-state index in [1.165, 1.54) is 24.0 Å². The van der Waals surface area contributed by atoms with E-state index in [1.807, 2.05) is 11.9 Å². The van der Waals surface area contributed by atoms with Crippen molar-refractivity contribution in [3.63, 3.8) is 0 Å². The van der Waals surface area contributed by atoms with Gasteiger partial charge in [0.15, 0.2) is 0 Å². The van der Waals surface area contributed by atoms with E-state index in [9.17, 15) is 4.79 Å². The molecule has 0 spiro atoms. The molecule has 33 heavy (non-hydrogen) atoms. The van der Waals surface area contributed by atoms with Gasteiger partial charge in [-0.2, -0.15) is 4.98 Å². The Balaban J connectivity index is 1.18. The van der Waals surface area contributed by atoms with Gasteiger partial charge in [-0.05, 0) is 48.2 Å². The normalized spacial score (nSPS) is 24.6. The molecule has 3 unspecified atom stereocenters. The number of halogens is 2. The molecule has 2 saturated heterocycles. The Morgan fingerprint density at radius 2 is 1.82 bits per heavy atom. The third-order valence-corrected chi connectivity index (χ3v) is 7.97. The predicted octanol–water partition coefficient (Wildman–Crippen LogP) is 5.15. The van der Waals surface area contributed by atoms with Crippen LogP contribution in [-0.2, 0) is 0 Å². The van der Waals surface area contributed by atoms with Crippen LogP contribution in [0.5, 0.6) is 0 Å². The maximum absolute atomic E-state index is 13.2. The molecule has 2 aromatic carbocycles. The van der Waals surface area contributed by atoms with E-state index in [4.69, 9.17) is 23.2 Å². The lowest BCUT2D eigenvalue weighted by Gasteiger charge is -2.57. The van der Waals surface area contributed by atoms with Gasteiger partial charge in [0.1, 0.15) is 11.4 Å². The summed E-state index contributed by atoms with van der Waals surface area (Å²) < 4.78 is 0. The van der Waals surface area contributed by atoms with Crippen molar-refractivity contribution in [2.75, 3.05) is 28.8 Å². The molecule has 0 radical (unpaired) electrons. The molecule has 0 aliphatic carbocycles. The summed E-state index contributed by atoms with van der Waals surface area (Å²) >= 11 is 12.7. The maximum atomic E-state index is 13.2. The van der Waals surface area contributed by atoms with Gasteiger partial charge in [-0.3, -0.25) is 14.6 Å². The van der Waals surface area contributed by atoms with Gasteiger partial charge in [0.25, 0.3) is 5.91 Å². The molecule has 7 nitrogen and oxygen atoms in total. The van der Waals surface area contributed by atoms with E-state index >= 15 is 0 Å². The van der Waals surface area contributed by atoms with Crippen LogP contribution in [0.1, 0.15) is 46.4 Å². The molecule has 3 aromatic rings. The lowest BCUT2D eigenvalue weighted by Crippen LogP contribution is -2.57. The second-order valence-corrected chi connectivity index (χ2v) is 9.96. The number of aromatic nitrogens is 2. The van der Waals surface area contributed by atoms with Gasteiger partial charge in [-0.1, -0.05) is 35.3 Å². The number of para-hydroxylation sites is 1. The Bertz CT molecular complexity index is 1330. The van der Waals surface area contributed by atoms with Crippen molar-refractivity contribution in [1.29, 1.82) is 0 Å². The lowest BCUT2D eigenvalue weighted by atomic mass is 9.81. The number of nitrogens with zero attached hydrogens (tertiary/aromatic N) is 5. The number of anilines is 4. The highest BCUT2D eigenvalue weighted by Gasteiger charge is 2.57. The number of hydrogen-bond acceptors (Lipinski definition) is 6. The van der Waals surface area contributed by atoms with Gasteiger partial charge < -0.3 is 10.2 Å². The maximum Gasteiger partial charge on any atom is 0.265 e. The van der Waals surface area contributed by atoms with E-state index in [2.05, 4.69) is 38.4 Å². The molecule has 3 atom stereocenters. The van der Waals surface area contributed by atoms with Crippen molar-refractivity contribution >= 4 is 52.3 Å². The van der Waals surface area contributed by atoms with Gasteiger partial charge >= 0.3 is 0 Å². The number of carbonyl (C=O) groups is 1. The molecule has 1 amide bonds. The van der Waals surface area contributed by atoms with Crippen molar-refractivity contribution in [2.45, 2.75) is 31.0 Å². The highest BCUT2D eigenvalue weighted by molar-refractivity contribution is 6.40. The quantitative estimate of drug-likeness (QED) is 0.561. The largest absolute Gasteiger partial charge is 0.341 e. The van der Waals surface area contributed by atoms with Crippen LogP contribution in [0.3, 0.4) is 0 Å². The first kappa shape index (κ1) is 19.6. The predicted molar refractivity (Wildman–Crippen MR) is 129 cm³/mol. The Morgan fingerprint density at radius 3 is 2.58 bits per heavy atom. The van der Waals surface area contributed by atoms with E-state index in [0.717, 1.165) is 11.7 Å². The van der Waals surface area contributed by atoms with E-state index in [-0.39, 0.29) is 12.6 Å². The minimum absolute atomic E-state index is 0.230. The van der Waals surface area contributed by atoms with Crippen LogP contribution in [-0.4, -0.2) is 40.5 Å². The molecular formula is C24H20Cl2N6O. The van der Waals surface area contributed by atoms with Gasteiger partial charge in [0.05, 0.1) is 22.4 Å². The second kappa shape index (κ2) is 6.82. The molecule has 9 heteroatoms. The van der Waals surface area contributed by atoms with Crippen LogP contribution >= 0.6 is 23.2 Å². The standard InChI is InChI=1S/C24H20Cl2N6O/c1-30-11-31(21-17(25)3-2-4-18(21)26)23(33)16-10-27-24(29-22(16)30)28-12-5-6-14-15(7-12)20-9-13-8-19(14)32(13)20/h2-7,10,13,19-20H,8-9,11H2,1H3,(H,27,28,29). The minimum Gasteiger partial charge on any atom is -0.341 e. The fraction of sp³-hybridized carbons (Fsp3) is 0.292. The molecule has 4 aliphatic rings. The monoisotopic (exact) mass is 478 g/mol. The second-order valence-electron chi connectivity index (χ2n) is 9.15. The zero-order chi connectivity index (χ0) is 22.4. The topological polar surface area (TPSA) is 64.6 Å². The number of benzene rings is 2. The van der Waals surface area contributed by atoms with Crippen molar-refractivity contribution < 1.29 is 4.79 Å². The van der Waals surface area contributed by atoms with Crippen LogP contribution < -0.4 is 15.1 Å². The van der Waals surface area contributed by atoms with Crippen molar-refractivity contribution in [2.24, 2.45) is 0 Å². The fourth-order valence-electron chi connectivity index (χ4n) is 5.78. The molecule has 1 aromatic heterocycles. The summed E-state index contributed by atoms with van der Waals surface area (Å²) in [4.78, 5) is 28.4. The Hall–Kier alpha value is -2.87. The van der Waals surface area contributed by atoms with Crippen molar-refractivity contribution in [3.8, 4) is 0 Å². The Kier molecular flexibility index (Phi) is 4.05. The smallest absolute Gasteiger partial charge is 0.265 e. The molecule has 166 valence electrons. The lowest BCUT2D eigenvalue weighted by molar-refractivity contribution is -0.103. The highest BCUT2D eigenvalue weighted by Crippen LogP contribution is 2.63. The summed E-state index contributed by atoms with van der Waals surface area (Å²) in [6, 6.07) is 13.7. The van der Waals surface area contributed by atoms with E-state index in [1.54, 1.807) is 29.3 Å². The highest BCUT2D eigenvalue weighted by atomic mass is 35.5. The molecule has 1 N–H and O–H groups in total. The number of rotatable bonds is 3. The first-order chi connectivity index (χ1) is 16.0. The SMILES string of the molecule is CN1CN(c2c(Cl)cccc2Cl)C(=O)c2cnc(Nc3ccc4c(c3)C3CC5CC4N53)nc21. The molecule has 0 saturated carbocycles. The van der Waals surface area contributed by atoms with Crippen LogP contribution in [0.25, 0.3) is 0 Å². The number of hydrogen-bond donors (Lipinski definition) is 1. The first-order valence-corrected chi connectivity index (χ1v) is 11.8. The molecule has 2 fully saturated rings. The number of amides is 1. The molecular weight excluding hydrogens is 459 g/mol. The number of piperidine rings is 1. The van der Waals surface area contributed by atoms with Gasteiger partial charge in [0.2, 0.25) is 5.95 Å². The summed E-state index contributed by atoms with van der Waals surface area (Å²) in [5.74, 6) is 0.806. The number of fused-ring (bicyclic) bond motifs is 4. The summed E-state index contributed by atoms with van der Waals surface area (Å²) in [7, 11) is 1.88. The first-order valence-electron chi connectivity index (χ1n) is 11.0. The molecule has 0 bridgehead atoms. The Labute approximate surface area is 200 Å². The zero-order valence-corrected chi connectivity index (χ0v) is 19.3.